The standard InChI is InChI=1S/C16H25N3OS/c1-9(17)15-19-13(8-21-15)14(20)18-7-10-4-5-11-6-12(10)16(11,2)3/h8-12H,4-7,17H2,1-3H3,(H,18,20). The number of nitrogens with zero attached hydrogens (tertiary/aromatic N) is 1. The smallest absolute Gasteiger partial charge is 0.270 e. The molecule has 4 atom stereocenters. The van der Waals surface area contributed by atoms with Crippen LogP contribution in [0.4, 0.5) is 0 Å². The zero-order chi connectivity index (χ0) is 15.2. The van der Waals surface area contributed by atoms with Crippen LogP contribution in [0.2, 0.25) is 0 Å². The van der Waals surface area contributed by atoms with Crippen molar-refractivity contribution in [3.05, 3.63) is 16.1 Å². The summed E-state index contributed by atoms with van der Waals surface area (Å²) >= 11 is 1.46. The lowest BCUT2D eigenvalue weighted by atomic mass is 9.45. The highest BCUT2D eigenvalue weighted by atomic mass is 32.1. The van der Waals surface area contributed by atoms with Gasteiger partial charge in [0.05, 0.1) is 6.04 Å². The van der Waals surface area contributed by atoms with E-state index in [0.717, 1.165) is 23.4 Å². The summed E-state index contributed by atoms with van der Waals surface area (Å²) in [5.41, 5.74) is 6.76. The van der Waals surface area contributed by atoms with Gasteiger partial charge in [-0.25, -0.2) is 4.98 Å². The number of carbonyl (C=O) groups is 1. The van der Waals surface area contributed by atoms with Crippen LogP contribution in [0.15, 0.2) is 5.38 Å². The summed E-state index contributed by atoms with van der Waals surface area (Å²) in [5, 5.41) is 5.70. The highest BCUT2D eigenvalue weighted by molar-refractivity contribution is 7.09. The summed E-state index contributed by atoms with van der Waals surface area (Å²) in [7, 11) is 0. The predicted octanol–water partition coefficient (Wildman–Crippen LogP) is 2.96. The minimum absolute atomic E-state index is 0.0580. The minimum atomic E-state index is -0.109. The molecule has 4 nitrogen and oxygen atoms in total. The molecule has 3 saturated carbocycles. The quantitative estimate of drug-likeness (QED) is 0.898. The molecule has 0 spiro atoms. The van der Waals surface area contributed by atoms with E-state index in [-0.39, 0.29) is 11.9 Å². The van der Waals surface area contributed by atoms with E-state index in [2.05, 4.69) is 24.1 Å². The molecule has 21 heavy (non-hydrogen) atoms. The van der Waals surface area contributed by atoms with E-state index in [4.69, 9.17) is 5.73 Å². The van der Waals surface area contributed by atoms with Crippen LogP contribution in [0, 0.1) is 23.2 Å². The molecule has 3 aliphatic rings. The van der Waals surface area contributed by atoms with Crippen LogP contribution in [0.3, 0.4) is 0 Å². The van der Waals surface area contributed by atoms with Crippen LogP contribution in [-0.2, 0) is 0 Å². The molecule has 1 amide bonds. The Labute approximate surface area is 130 Å². The molecule has 4 unspecified atom stereocenters. The number of amides is 1. The molecule has 2 bridgehead atoms. The molecular formula is C16H25N3OS. The Hall–Kier alpha value is -0.940. The Morgan fingerprint density at radius 2 is 2.33 bits per heavy atom. The number of nitrogens with two attached hydrogens (primary N) is 1. The molecule has 1 aromatic rings. The van der Waals surface area contributed by atoms with Crippen molar-refractivity contribution in [3.8, 4) is 0 Å². The zero-order valence-corrected chi connectivity index (χ0v) is 13.9. The lowest BCUT2D eigenvalue weighted by Crippen LogP contribution is -2.54. The third-order valence-corrected chi connectivity index (χ3v) is 6.72. The average Bonchev–Trinajstić information content (AvgIpc) is 2.94. The predicted molar refractivity (Wildman–Crippen MR) is 85.2 cm³/mol. The maximum absolute atomic E-state index is 12.2. The number of thiazole rings is 1. The zero-order valence-electron chi connectivity index (χ0n) is 13.1. The van der Waals surface area contributed by atoms with Crippen LogP contribution in [0.5, 0.6) is 0 Å². The number of nitrogens with one attached hydrogen (secondary N) is 1. The summed E-state index contributed by atoms with van der Waals surface area (Å²) in [6.07, 6.45) is 3.91. The van der Waals surface area contributed by atoms with E-state index in [1.807, 2.05) is 6.92 Å². The highest BCUT2D eigenvalue weighted by Crippen LogP contribution is 2.61. The van der Waals surface area contributed by atoms with E-state index in [1.165, 1.54) is 30.6 Å². The second-order valence-electron chi connectivity index (χ2n) is 7.27. The van der Waals surface area contributed by atoms with Crippen molar-refractivity contribution in [1.82, 2.24) is 10.3 Å². The first-order valence-corrected chi connectivity index (χ1v) is 8.76. The lowest BCUT2D eigenvalue weighted by Gasteiger charge is -2.60. The summed E-state index contributed by atoms with van der Waals surface area (Å²) in [6, 6.07) is -0.109. The maximum atomic E-state index is 12.2. The molecule has 3 N–H and O–H groups in total. The third kappa shape index (κ3) is 2.61. The van der Waals surface area contributed by atoms with E-state index < -0.39 is 0 Å². The third-order valence-electron chi connectivity index (χ3n) is 5.67. The van der Waals surface area contributed by atoms with Gasteiger partial charge in [0.15, 0.2) is 0 Å². The summed E-state index contributed by atoms with van der Waals surface area (Å²) in [5.74, 6) is 2.24. The van der Waals surface area contributed by atoms with Crippen molar-refractivity contribution in [3.63, 3.8) is 0 Å². The van der Waals surface area contributed by atoms with Gasteiger partial charge < -0.3 is 11.1 Å². The topological polar surface area (TPSA) is 68.0 Å². The van der Waals surface area contributed by atoms with Gasteiger partial charge in [-0.05, 0) is 49.4 Å². The molecule has 1 aromatic heterocycles. The Bertz CT molecular complexity index is 535. The monoisotopic (exact) mass is 307 g/mol. The number of hydrogen-bond donors (Lipinski definition) is 2. The molecular weight excluding hydrogens is 282 g/mol. The molecule has 4 rings (SSSR count). The fraction of sp³-hybridized carbons (Fsp3) is 0.750. The van der Waals surface area contributed by atoms with Gasteiger partial charge in [0, 0.05) is 11.9 Å². The van der Waals surface area contributed by atoms with Gasteiger partial charge in [-0.3, -0.25) is 4.79 Å². The molecule has 0 saturated heterocycles. The van der Waals surface area contributed by atoms with Crippen LogP contribution < -0.4 is 11.1 Å². The second kappa shape index (κ2) is 5.36. The van der Waals surface area contributed by atoms with Gasteiger partial charge in [0.25, 0.3) is 5.91 Å². The first-order valence-electron chi connectivity index (χ1n) is 7.88. The van der Waals surface area contributed by atoms with Crippen molar-refractivity contribution >= 4 is 17.2 Å². The Balaban J connectivity index is 1.56. The molecule has 1 heterocycles. The van der Waals surface area contributed by atoms with Crippen LogP contribution in [0.1, 0.15) is 61.6 Å². The van der Waals surface area contributed by atoms with Gasteiger partial charge in [0.2, 0.25) is 0 Å². The Morgan fingerprint density at radius 1 is 1.57 bits per heavy atom. The van der Waals surface area contributed by atoms with Crippen molar-refractivity contribution in [2.45, 2.75) is 46.1 Å². The van der Waals surface area contributed by atoms with Gasteiger partial charge >= 0.3 is 0 Å². The molecule has 116 valence electrons. The summed E-state index contributed by atoms with van der Waals surface area (Å²) in [4.78, 5) is 16.5. The highest BCUT2D eigenvalue weighted by Gasteiger charge is 2.53. The first kappa shape index (κ1) is 15.0. The van der Waals surface area contributed by atoms with Crippen molar-refractivity contribution < 1.29 is 4.79 Å². The van der Waals surface area contributed by atoms with E-state index in [9.17, 15) is 4.79 Å². The number of aromatic nitrogens is 1. The van der Waals surface area contributed by atoms with Crippen molar-refractivity contribution in [2.24, 2.45) is 28.9 Å². The van der Waals surface area contributed by atoms with Crippen molar-refractivity contribution in [2.75, 3.05) is 6.54 Å². The molecule has 3 aliphatic carbocycles. The lowest BCUT2D eigenvalue weighted by molar-refractivity contribution is -0.103. The average molecular weight is 307 g/mol. The van der Waals surface area contributed by atoms with E-state index in [0.29, 0.717) is 17.0 Å². The molecule has 0 radical (unpaired) electrons. The summed E-state index contributed by atoms with van der Waals surface area (Å²) < 4.78 is 0. The van der Waals surface area contributed by atoms with Gasteiger partial charge in [-0.15, -0.1) is 11.3 Å². The minimum Gasteiger partial charge on any atom is -0.350 e. The van der Waals surface area contributed by atoms with Gasteiger partial charge in [-0.2, -0.15) is 0 Å². The summed E-state index contributed by atoms with van der Waals surface area (Å²) in [6.45, 7) is 7.44. The number of rotatable bonds is 4. The molecule has 0 aromatic carbocycles. The van der Waals surface area contributed by atoms with Crippen LogP contribution in [0.25, 0.3) is 0 Å². The first-order chi connectivity index (χ1) is 9.89. The second-order valence-corrected chi connectivity index (χ2v) is 8.16. The molecule has 3 fully saturated rings. The van der Waals surface area contributed by atoms with Crippen molar-refractivity contribution in [1.29, 1.82) is 0 Å². The number of fused-ring (bicyclic) bond motifs is 2. The largest absolute Gasteiger partial charge is 0.350 e. The SMILES string of the molecule is CC(N)c1nc(C(=O)NCC2CCC3CC2C3(C)C)cs1. The van der Waals surface area contributed by atoms with E-state index >= 15 is 0 Å². The van der Waals surface area contributed by atoms with E-state index in [1.54, 1.807) is 5.38 Å². The fourth-order valence-corrected chi connectivity index (χ4v) is 4.88. The van der Waals surface area contributed by atoms with Crippen LogP contribution in [-0.4, -0.2) is 17.4 Å². The van der Waals surface area contributed by atoms with Gasteiger partial charge in [0.1, 0.15) is 10.7 Å². The number of carbonyl (C=O) groups excluding carboxylic acids is 1. The Morgan fingerprint density at radius 3 is 2.90 bits per heavy atom. The van der Waals surface area contributed by atoms with Crippen LogP contribution >= 0.6 is 11.3 Å². The molecule has 0 aliphatic heterocycles. The number of hydrogen-bond acceptors (Lipinski definition) is 4. The Kier molecular flexibility index (Phi) is 3.82. The normalized spacial score (nSPS) is 31.3. The van der Waals surface area contributed by atoms with Gasteiger partial charge in [-0.1, -0.05) is 13.8 Å². The maximum Gasteiger partial charge on any atom is 0.270 e. The molecule has 5 heteroatoms. The fourth-order valence-electron chi connectivity index (χ4n) is 4.12.